The minimum Gasteiger partial charge on any atom is -0.494 e. The summed E-state index contributed by atoms with van der Waals surface area (Å²) in [5.41, 5.74) is 2.19. The van der Waals surface area contributed by atoms with Crippen molar-refractivity contribution < 1.29 is 31.1 Å². The molecule has 0 amide bonds. The van der Waals surface area contributed by atoms with Gasteiger partial charge in [-0.1, -0.05) is 56.3 Å². The maximum absolute atomic E-state index is 14.8. The maximum atomic E-state index is 14.8. The largest absolute Gasteiger partial charge is 0.494 e. The Kier molecular flexibility index (Phi) is 9.52. The highest BCUT2D eigenvalue weighted by molar-refractivity contribution is 7.90. The third kappa shape index (κ3) is 7.07. The predicted molar refractivity (Wildman–Crippen MR) is 160 cm³/mol. The molecule has 0 spiro atoms. The SMILES string of the molecule is COCCn1c(-c2ccc(C(C)C)cc2)nc2c(C(F)(F)F)c(CNc3ccccc3CCS(C)(=O)=O)cc(OC)c21. The number of imidazole rings is 1. The van der Waals surface area contributed by atoms with E-state index >= 15 is 0 Å². The van der Waals surface area contributed by atoms with Crippen molar-refractivity contribution in [1.29, 1.82) is 0 Å². The lowest BCUT2D eigenvalue weighted by Gasteiger charge is -2.18. The molecule has 4 rings (SSSR count). The van der Waals surface area contributed by atoms with Crippen LogP contribution >= 0.6 is 0 Å². The van der Waals surface area contributed by atoms with E-state index in [1.807, 2.05) is 24.3 Å². The van der Waals surface area contributed by atoms with E-state index in [2.05, 4.69) is 24.1 Å². The van der Waals surface area contributed by atoms with Gasteiger partial charge in [0, 0.05) is 37.7 Å². The fourth-order valence-corrected chi connectivity index (χ4v) is 5.56. The van der Waals surface area contributed by atoms with Crippen LogP contribution < -0.4 is 10.1 Å². The number of halogens is 3. The number of methoxy groups -OCH3 is 2. The minimum absolute atomic E-state index is 0.0390. The van der Waals surface area contributed by atoms with Crippen LogP contribution in [-0.4, -0.2) is 50.8 Å². The highest BCUT2D eigenvalue weighted by atomic mass is 32.2. The van der Waals surface area contributed by atoms with Crippen molar-refractivity contribution in [3.8, 4) is 17.1 Å². The molecule has 0 unspecified atom stereocenters. The summed E-state index contributed by atoms with van der Waals surface area (Å²) < 4.78 is 80.5. The lowest BCUT2D eigenvalue weighted by atomic mass is 10.0. The smallest absolute Gasteiger partial charge is 0.418 e. The highest BCUT2D eigenvalue weighted by Crippen LogP contribution is 2.43. The van der Waals surface area contributed by atoms with E-state index in [1.165, 1.54) is 20.3 Å². The first-order chi connectivity index (χ1) is 19.8. The Morgan fingerprint density at radius 1 is 1.02 bits per heavy atom. The first kappa shape index (κ1) is 31.4. The molecule has 226 valence electrons. The van der Waals surface area contributed by atoms with Gasteiger partial charge >= 0.3 is 6.18 Å². The summed E-state index contributed by atoms with van der Waals surface area (Å²) in [6, 6.07) is 16.0. The highest BCUT2D eigenvalue weighted by Gasteiger charge is 2.38. The molecule has 7 nitrogen and oxygen atoms in total. The molecule has 1 N–H and O–H groups in total. The fraction of sp³-hybridized carbons (Fsp3) is 0.387. The van der Waals surface area contributed by atoms with Crippen LogP contribution in [0.3, 0.4) is 0 Å². The van der Waals surface area contributed by atoms with E-state index in [4.69, 9.17) is 9.47 Å². The van der Waals surface area contributed by atoms with Crippen LogP contribution in [0.5, 0.6) is 5.75 Å². The molecular weight excluding hydrogens is 567 g/mol. The number of hydrogen-bond acceptors (Lipinski definition) is 6. The molecule has 0 atom stereocenters. The second kappa shape index (κ2) is 12.7. The normalized spacial score (nSPS) is 12.3. The topological polar surface area (TPSA) is 82.5 Å². The van der Waals surface area contributed by atoms with Gasteiger partial charge in [0.25, 0.3) is 0 Å². The van der Waals surface area contributed by atoms with Gasteiger partial charge in [-0.05, 0) is 41.2 Å². The predicted octanol–water partition coefficient (Wildman–Crippen LogP) is 6.70. The molecule has 1 heterocycles. The zero-order chi connectivity index (χ0) is 30.7. The number of rotatable bonds is 12. The van der Waals surface area contributed by atoms with Gasteiger partial charge in [-0.3, -0.25) is 0 Å². The fourth-order valence-electron chi connectivity index (χ4n) is 4.97. The molecule has 42 heavy (non-hydrogen) atoms. The van der Waals surface area contributed by atoms with Gasteiger partial charge in [0.1, 0.15) is 32.4 Å². The van der Waals surface area contributed by atoms with Crippen molar-refractivity contribution in [3.63, 3.8) is 0 Å². The standard InChI is InChI=1S/C31H36F3N3O4S/c1-20(2)21-10-12-23(13-11-21)30-36-28-27(31(32,33)34)24(18-26(41-4)29(28)37(30)15-16-40-3)19-35-25-9-7-6-8-22(25)14-17-42(5,38)39/h6-13,18,20,35H,14-17,19H2,1-5H3. The Hall–Kier alpha value is -3.57. The van der Waals surface area contributed by atoms with E-state index in [1.54, 1.807) is 28.8 Å². The maximum Gasteiger partial charge on any atom is 0.418 e. The minimum atomic E-state index is -4.71. The number of anilines is 1. The number of benzene rings is 3. The summed E-state index contributed by atoms with van der Waals surface area (Å²) in [4.78, 5) is 4.59. The Morgan fingerprint density at radius 2 is 1.71 bits per heavy atom. The molecular formula is C31H36F3N3O4S. The third-order valence-electron chi connectivity index (χ3n) is 7.15. The number of aromatic nitrogens is 2. The second-order valence-electron chi connectivity index (χ2n) is 10.6. The third-order valence-corrected chi connectivity index (χ3v) is 8.10. The number of fused-ring (bicyclic) bond motifs is 1. The summed E-state index contributed by atoms with van der Waals surface area (Å²) in [5.74, 6) is 0.875. The number of nitrogens with zero attached hydrogens (tertiary/aromatic N) is 2. The van der Waals surface area contributed by atoms with Crippen LogP contribution in [0.25, 0.3) is 22.4 Å². The molecule has 0 radical (unpaired) electrons. The Balaban J connectivity index is 1.86. The average Bonchev–Trinajstić information content (AvgIpc) is 3.31. The summed E-state index contributed by atoms with van der Waals surface area (Å²) in [6.07, 6.45) is -3.32. The molecule has 0 saturated carbocycles. The molecule has 0 fully saturated rings. The van der Waals surface area contributed by atoms with Crippen molar-refractivity contribution >= 4 is 26.6 Å². The van der Waals surface area contributed by atoms with Crippen LogP contribution in [0, 0.1) is 0 Å². The monoisotopic (exact) mass is 603 g/mol. The molecule has 3 aromatic carbocycles. The van der Waals surface area contributed by atoms with Gasteiger partial charge < -0.3 is 19.4 Å². The number of ether oxygens (including phenoxy) is 2. The van der Waals surface area contributed by atoms with E-state index in [9.17, 15) is 21.6 Å². The number of nitrogens with one attached hydrogen (secondary N) is 1. The van der Waals surface area contributed by atoms with Crippen LogP contribution in [0.15, 0.2) is 54.6 Å². The van der Waals surface area contributed by atoms with Gasteiger partial charge in [0.05, 0.1) is 25.0 Å². The zero-order valence-corrected chi connectivity index (χ0v) is 25.2. The van der Waals surface area contributed by atoms with Crippen LogP contribution in [0.2, 0.25) is 0 Å². The van der Waals surface area contributed by atoms with Gasteiger partial charge in [0.15, 0.2) is 0 Å². The average molecular weight is 604 g/mol. The number of hydrogen-bond donors (Lipinski definition) is 1. The Labute approximate surface area is 244 Å². The molecule has 11 heteroatoms. The lowest BCUT2D eigenvalue weighted by molar-refractivity contribution is -0.137. The summed E-state index contributed by atoms with van der Waals surface area (Å²) in [6.45, 7) is 4.50. The van der Waals surface area contributed by atoms with Gasteiger partial charge in [-0.2, -0.15) is 13.2 Å². The molecule has 0 aliphatic rings. The lowest BCUT2D eigenvalue weighted by Crippen LogP contribution is -2.15. The molecule has 0 aliphatic heterocycles. The number of aryl methyl sites for hydroxylation is 1. The molecule has 1 aromatic heterocycles. The van der Waals surface area contributed by atoms with Crippen LogP contribution in [-0.2, 0) is 40.3 Å². The van der Waals surface area contributed by atoms with Crippen LogP contribution in [0.4, 0.5) is 18.9 Å². The van der Waals surface area contributed by atoms with Crippen molar-refractivity contribution in [3.05, 3.63) is 76.9 Å². The molecule has 0 saturated heterocycles. The molecule has 0 bridgehead atoms. The summed E-state index contributed by atoms with van der Waals surface area (Å²) >= 11 is 0. The summed E-state index contributed by atoms with van der Waals surface area (Å²) in [5, 5.41) is 3.09. The van der Waals surface area contributed by atoms with Gasteiger partial charge in [-0.15, -0.1) is 0 Å². The number of para-hydroxylation sites is 1. The van der Waals surface area contributed by atoms with Gasteiger partial charge in [-0.25, -0.2) is 13.4 Å². The summed E-state index contributed by atoms with van der Waals surface area (Å²) in [7, 11) is -0.262. The second-order valence-corrected chi connectivity index (χ2v) is 12.8. The van der Waals surface area contributed by atoms with E-state index in [0.717, 1.165) is 11.8 Å². The van der Waals surface area contributed by atoms with Crippen molar-refractivity contribution in [1.82, 2.24) is 9.55 Å². The number of sulfone groups is 1. The first-order valence-corrected chi connectivity index (χ1v) is 15.7. The van der Waals surface area contributed by atoms with Crippen LogP contribution in [0.1, 0.15) is 42.0 Å². The number of alkyl halides is 3. The van der Waals surface area contributed by atoms with E-state index in [0.29, 0.717) is 28.6 Å². The van der Waals surface area contributed by atoms with Crippen molar-refractivity contribution in [2.45, 2.75) is 45.5 Å². The zero-order valence-electron chi connectivity index (χ0n) is 24.4. The molecule has 4 aromatic rings. The van der Waals surface area contributed by atoms with Gasteiger partial charge in [0.2, 0.25) is 0 Å². The van der Waals surface area contributed by atoms with Crippen molar-refractivity contribution in [2.24, 2.45) is 0 Å². The Bertz CT molecular complexity index is 1650. The Morgan fingerprint density at radius 3 is 2.31 bits per heavy atom. The van der Waals surface area contributed by atoms with E-state index < -0.39 is 21.6 Å². The quantitative estimate of drug-likeness (QED) is 0.194. The van der Waals surface area contributed by atoms with Crippen molar-refractivity contribution in [2.75, 3.05) is 38.2 Å². The van der Waals surface area contributed by atoms with E-state index in [-0.39, 0.29) is 54.2 Å². The molecule has 0 aliphatic carbocycles. The first-order valence-electron chi connectivity index (χ1n) is 13.6.